The molecule has 1 aliphatic rings. The van der Waals surface area contributed by atoms with E-state index in [2.05, 4.69) is 0 Å². The number of benzene rings is 3. The van der Waals surface area contributed by atoms with Crippen LogP contribution in [0.1, 0.15) is 22.0 Å². The van der Waals surface area contributed by atoms with Gasteiger partial charge in [0.25, 0.3) is 16.0 Å². The molecule has 1 saturated heterocycles. The number of hydrogen-bond donors (Lipinski definition) is 0. The third-order valence-corrected chi connectivity index (χ3v) is 7.97. The second-order valence-electron chi connectivity index (χ2n) is 6.62. The maximum absolute atomic E-state index is 13.3. The van der Waals surface area contributed by atoms with Crippen LogP contribution in [0.25, 0.3) is 0 Å². The molecule has 2 atom stereocenters. The average molecular weight is 426 g/mol. The van der Waals surface area contributed by atoms with E-state index in [1.54, 1.807) is 78.9 Å². The van der Waals surface area contributed by atoms with Crippen LogP contribution in [0.15, 0.2) is 95.9 Å². The van der Waals surface area contributed by atoms with Crippen LogP contribution in [0, 0.1) is 0 Å². The summed E-state index contributed by atoms with van der Waals surface area (Å²) in [6, 6.07) is 23.1. The van der Waals surface area contributed by atoms with Crippen molar-refractivity contribution >= 4 is 33.3 Å². The zero-order valence-corrected chi connectivity index (χ0v) is 16.7. The Morgan fingerprint density at radius 1 is 0.828 bits per heavy atom. The Morgan fingerprint density at radius 3 is 1.86 bits per heavy atom. The predicted octanol–water partition coefficient (Wildman–Crippen LogP) is 3.82. The van der Waals surface area contributed by atoms with Gasteiger partial charge in [0.1, 0.15) is 6.04 Å². The Balaban J connectivity index is 1.85. The Morgan fingerprint density at radius 2 is 1.31 bits per heavy atom. The number of alkyl halides is 1. The van der Waals surface area contributed by atoms with E-state index < -0.39 is 31.9 Å². The van der Waals surface area contributed by atoms with Crippen LogP contribution in [0.5, 0.6) is 0 Å². The standard InChI is InChI=1S/C22H16ClNO4S/c23-22(29(27,28)18-14-8-3-9-15-18)19(16-10-4-1-5-11-16)24(21(22)26)20(25)17-12-6-2-7-13-17/h1-15,19H/t19-,22-/m0/s1. The van der Waals surface area contributed by atoms with E-state index >= 15 is 0 Å². The Hall–Kier alpha value is -2.96. The summed E-state index contributed by atoms with van der Waals surface area (Å²) in [7, 11) is -4.27. The highest BCUT2D eigenvalue weighted by atomic mass is 35.5. The first kappa shape index (κ1) is 19.4. The van der Waals surface area contributed by atoms with Crippen LogP contribution in [0.4, 0.5) is 0 Å². The summed E-state index contributed by atoms with van der Waals surface area (Å²) in [4.78, 5) is 27.0. The van der Waals surface area contributed by atoms with Crippen LogP contribution < -0.4 is 0 Å². The molecule has 3 aromatic rings. The molecule has 7 heteroatoms. The van der Waals surface area contributed by atoms with E-state index in [1.165, 1.54) is 12.1 Å². The molecule has 0 spiro atoms. The lowest BCUT2D eigenvalue weighted by Crippen LogP contribution is -2.70. The second kappa shape index (κ2) is 7.13. The zero-order chi connectivity index (χ0) is 20.6. The Labute approximate surface area is 173 Å². The molecule has 0 N–H and O–H groups in total. The lowest BCUT2D eigenvalue weighted by atomic mass is 9.91. The van der Waals surface area contributed by atoms with E-state index in [0.29, 0.717) is 5.56 Å². The summed E-state index contributed by atoms with van der Waals surface area (Å²) in [5.41, 5.74) is 0.739. The minimum absolute atomic E-state index is 0.0731. The monoisotopic (exact) mass is 425 g/mol. The van der Waals surface area contributed by atoms with Crippen LogP contribution in [-0.2, 0) is 14.6 Å². The first-order valence-electron chi connectivity index (χ1n) is 8.85. The summed E-state index contributed by atoms with van der Waals surface area (Å²) >= 11 is 6.58. The number of amides is 2. The maximum Gasteiger partial charge on any atom is 0.269 e. The van der Waals surface area contributed by atoms with Gasteiger partial charge < -0.3 is 0 Å². The van der Waals surface area contributed by atoms with Crippen molar-refractivity contribution in [1.29, 1.82) is 0 Å². The normalized spacial score (nSPS) is 21.5. The topological polar surface area (TPSA) is 71.5 Å². The van der Waals surface area contributed by atoms with Crippen molar-refractivity contribution in [2.75, 3.05) is 0 Å². The summed E-state index contributed by atoms with van der Waals surface area (Å²) in [6.45, 7) is 0. The molecule has 1 heterocycles. The highest BCUT2D eigenvalue weighted by Crippen LogP contribution is 2.53. The van der Waals surface area contributed by atoms with Crippen LogP contribution in [0.3, 0.4) is 0 Å². The number of halogens is 1. The molecule has 0 aliphatic carbocycles. The van der Waals surface area contributed by atoms with Gasteiger partial charge in [0.15, 0.2) is 0 Å². The van der Waals surface area contributed by atoms with Crippen LogP contribution in [-0.4, -0.2) is 29.3 Å². The fourth-order valence-corrected chi connectivity index (χ4v) is 5.76. The third-order valence-electron chi connectivity index (χ3n) is 4.92. The van der Waals surface area contributed by atoms with E-state index in [0.717, 1.165) is 4.90 Å². The summed E-state index contributed by atoms with van der Waals surface area (Å²) in [5, 5.41) is 0. The quantitative estimate of drug-likeness (QED) is 0.362. The lowest BCUT2D eigenvalue weighted by Gasteiger charge is -2.50. The smallest absolute Gasteiger partial charge is 0.269 e. The van der Waals surface area contributed by atoms with Gasteiger partial charge in [-0.3, -0.25) is 14.5 Å². The van der Waals surface area contributed by atoms with Crippen molar-refractivity contribution in [3.63, 3.8) is 0 Å². The highest BCUT2D eigenvalue weighted by Gasteiger charge is 2.70. The lowest BCUT2D eigenvalue weighted by molar-refractivity contribution is -0.143. The molecule has 1 aliphatic heterocycles. The minimum atomic E-state index is -4.27. The molecule has 146 valence electrons. The minimum Gasteiger partial charge on any atom is -0.271 e. The number of likely N-dealkylation sites (tertiary alicyclic amines) is 1. The van der Waals surface area contributed by atoms with Gasteiger partial charge in [-0.15, -0.1) is 0 Å². The van der Waals surface area contributed by atoms with Crippen molar-refractivity contribution in [3.8, 4) is 0 Å². The summed E-state index contributed by atoms with van der Waals surface area (Å²) in [5.74, 6) is -1.55. The summed E-state index contributed by atoms with van der Waals surface area (Å²) < 4.78 is 24.4. The van der Waals surface area contributed by atoms with Gasteiger partial charge in [-0.05, 0) is 29.8 Å². The fourth-order valence-electron chi connectivity index (χ4n) is 3.46. The molecule has 0 unspecified atom stereocenters. The Kier molecular flexibility index (Phi) is 4.76. The van der Waals surface area contributed by atoms with Gasteiger partial charge in [0.05, 0.1) is 4.90 Å². The molecule has 1 fully saturated rings. The number of β-lactam (4-membered cyclic amide) rings is 1. The van der Waals surface area contributed by atoms with Gasteiger partial charge in [0.2, 0.25) is 9.84 Å². The molecule has 4 rings (SSSR count). The van der Waals surface area contributed by atoms with E-state index in [-0.39, 0.29) is 10.5 Å². The number of hydrogen-bond acceptors (Lipinski definition) is 4. The van der Waals surface area contributed by atoms with E-state index in [4.69, 9.17) is 11.6 Å². The molecule has 5 nitrogen and oxygen atoms in total. The number of carbonyl (C=O) groups excluding carboxylic acids is 2. The van der Waals surface area contributed by atoms with Crippen molar-refractivity contribution in [1.82, 2.24) is 4.90 Å². The van der Waals surface area contributed by atoms with Crippen molar-refractivity contribution in [2.24, 2.45) is 0 Å². The molecular formula is C22H16ClNO4S. The third kappa shape index (κ3) is 2.87. The molecule has 3 aromatic carbocycles. The average Bonchev–Trinajstić information content (AvgIpc) is 2.77. The Bertz CT molecular complexity index is 1170. The van der Waals surface area contributed by atoms with E-state index in [1.807, 2.05) is 0 Å². The molecular weight excluding hydrogens is 410 g/mol. The number of nitrogens with zero attached hydrogens (tertiary/aromatic N) is 1. The molecule has 0 bridgehead atoms. The second-order valence-corrected chi connectivity index (χ2v) is 9.56. The first-order valence-corrected chi connectivity index (χ1v) is 10.7. The molecule has 29 heavy (non-hydrogen) atoms. The molecule has 0 radical (unpaired) electrons. The van der Waals surface area contributed by atoms with Crippen LogP contribution >= 0.6 is 11.6 Å². The molecule has 0 aromatic heterocycles. The zero-order valence-electron chi connectivity index (χ0n) is 15.1. The van der Waals surface area contributed by atoms with Crippen LogP contribution in [0.2, 0.25) is 0 Å². The van der Waals surface area contributed by atoms with Gasteiger partial charge in [-0.1, -0.05) is 78.3 Å². The largest absolute Gasteiger partial charge is 0.271 e. The summed E-state index contributed by atoms with van der Waals surface area (Å²) in [6.07, 6.45) is 0. The van der Waals surface area contributed by atoms with Crippen molar-refractivity contribution in [3.05, 3.63) is 102 Å². The van der Waals surface area contributed by atoms with Crippen molar-refractivity contribution < 1.29 is 18.0 Å². The number of carbonyl (C=O) groups is 2. The van der Waals surface area contributed by atoms with Gasteiger partial charge in [-0.25, -0.2) is 8.42 Å². The SMILES string of the molecule is O=C(c1ccccc1)N1C(=O)[C@@](Cl)(S(=O)(=O)c2ccccc2)[C@@H]1c1ccccc1. The number of imide groups is 1. The van der Waals surface area contributed by atoms with Gasteiger partial charge >= 0.3 is 0 Å². The first-order chi connectivity index (χ1) is 13.9. The van der Waals surface area contributed by atoms with Gasteiger partial charge in [0, 0.05) is 5.56 Å². The maximum atomic E-state index is 13.3. The fraction of sp³-hybridized carbons (Fsp3) is 0.0909. The van der Waals surface area contributed by atoms with E-state index in [9.17, 15) is 18.0 Å². The van der Waals surface area contributed by atoms with Gasteiger partial charge in [-0.2, -0.15) is 0 Å². The number of rotatable bonds is 4. The molecule has 2 amide bonds. The highest BCUT2D eigenvalue weighted by molar-refractivity contribution is 7.95. The molecule has 0 saturated carbocycles. The predicted molar refractivity (Wildman–Crippen MR) is 109 cm³/mol. The van der Waals surface area contributed by atoms with Crippen molar-refractivity contribution in [2.45, 2.75) is 15.1 Å². The number of sulfone groups is 1.